The van der Waals surface area contributed by atoms with Gasteiger partial charge in [-0.1, -0.05) is 18.2 Å². The van der Waals surface area contributed by atoms with Crippen LogP contribution in [0.5, 0.6) is 0 Å². The fourth-order valence-corrected chi connectivity index (χ4v) is 1.85. The number of ketones is 1. The first-order valence-electron chi connectivity index (χ1n) is 4.59. The monoisotopic (exact) mass is 189 g/mol. The summed E-state index contributed by atoms with van der Waals surface area (Å²) in [4.78, 5) is 24.5. The van der Waals surface area contributed by atoms with E-state index < -0.39 is 5.91 Å². The van der Waals surface area contributed by atoms with Crippen molar-refractivity contribution in [1.82, 2.24) is 4.90 Å². The molecule has 2 rings (SSSR count). The first-order valence-corrected chi connectivity index (χ1v) is 4.59. The summed E-state index contributed by atoms with van der Waals surface area (Å²) in [5.41, 5.74) is 0.822. The number of rotatable bonds is 2. The van der Waals surface area contributed by atoms with Crippen LogP contribution in [0.2, 0.25) is 0 Å². The molecule has 1 aliphatic heterocycles. The number of hydrogen-bond donors (Lipinski definition) is 0. The van der Waals surface area contributed by atoms with Gasteiger partial charge in [-0.2, -0.15) is 0 Å². The molecule has 1 unspecified atom stereocenters. The van der Waals surface area contributed by atoms with E-state index in [2.05, 4.69) is 6.58 Å². The van der Waals surface area contributed by atoms with Crippen molar-refractivity contribution in [3.8, 4) is 0 Å². The molecule has 1 amide bonds. The zero-order chi connectivity index (χ0) is 10.1. The fourth-order valence-electron chi connectivity index (χ4n) is 1.85. The van der Waals surface area contributed by atoms with Crippen LogP contribution in [-0.2, 0) is 9.59 Å². The average molecular weight is 189 g/mol. The third kappa shape index (κ3) is 1.13. The molecule has 3 nitrogen and oxygen atoms in total. The molecular formula is C11H11NO2. The summed E-state index contributed by atoms with van der Waals surface area (Å²) < 4.78 is 0. The van der Waals surface area contributed by atoms with Gasteiger partial charge in [0.25, 0.3) is 5.91 Å². The van der Waals surface area contributed by atoms with Crippen molar-refractivity contribution in [1.29, 1.82) is 0 Å². The van der Waals surface area contributed by atoms with Crippen molar-refractivity contribution in [2.75, 3.05) is 6.54 Å². The molecule has 0 aromatic carbocycles. The third-order valence-electron chi connectivity index (χ3n) is 2.53. The number of allylic oxidation sites excluding steroid dienone is 4. The summed E-state index contributed by atoms with van der Waals surface area (Å²) in [5.74, 6) is -0.931. The molecule has 0 aromatic rings. The molecule has 0 spiro atoms. The van der Waals surface area contributed by atoms with Crippen molar-refractivity contribution in [2.45, 2.75) is 6.42 Å². The van der Waals surface area contributed by atoms with Gasteiger partial charge in [-0.25, -0.2) is 0 Å². The maximum atomic E-state index is 11.5. The van der Waals surface area contributed by atoms with Gasteiger partial charge in [-0.05, 0) is 12.5 Å². The van der Waals surface area contributed by atoms with Gasteiger partial charge >= 0.3 is 0 Å². The average Bonchev–Trinajstić information content (AvgIpc) is 2.45. The van der Waals surface area contributed by atoms with E-state index in [1.807, 2.05) is 18.2 Å². The highest BCUT2D eigenvalue weighted by Gasteiger charge is 2.42. The first-order chi connectivity index (χ1) is 6.75. The second-order valence-electron chi connectivity index (χ2n) is 3.38. The first kappa shape index (κ1) is 8.94. The Kier molecular flexibility index (Phi) is 2.08. The van der Waals surface area contributed by atoms with Crippen molar-refractivity contribution in [3.05, 3.63) is 36.6 Å². The predicted molar refractivity (Wildman–Crippen MR) is 52.2 cm³/mol. The van der Waals surface area contributed by atoms with Gasteiger partial charge in [0.15, 0.2) is 0 Å². The molecular weight excluding hydrogens is 178 g/mol. The van der Waals surface area contributed by atoms with Crippen LogP contribution in [0.3, 0.4) is 0 Å². The second kappa shape index (κ2) is 3.25. The van der Waals surface area contributed by atoms with Crippen LogP contribution in [0.4, 0.5) is 0 Å². The minimum Gasteiger partial charge on any atom is -0.305 e. The second-order valence-corrected chi connectivity index (χ2v) is 3.38. The number of Topliss-reactive ketones (excluding diaryl/α,β-unsaturated/α-hetero) is 1. The Labute approximate surface area is 82.4 Å². The molecule has 72 valence electrons. The Bertz CT molecular complexity index is 365. The zero-order valence-corrected chi connectivity index (χ0v) is 7.77. The van der Waals surface area contributed by atoms with E-state index in [0.29, 0.717) is 13.0 Å². The maximum Gasteiger partial charge on any atom is 0.295 e. The van der Waals surface area contributed by atoms with E-state index in [1.165, 1.54) is 4.90 Å². The predicted octanol–water partition coefficient (Wildman–Crippen LogP) is 1.04. The molecule has 2 aliphatic rings. The summed E-state index contributed by atoms with van der Waals surface area (Å²) in [6.45, 7) is 3.99. The minimum atomic E-state index is -0.398. The lowest BCUT2D eigenvalue weighted by molar-refractivity contribution is -0.140. The molecule has 3 heteroatoms. The number of carbonyl (C=O) groups excluding carboxylic acids is 2. The summed E-state index contributed by atoms with van der Waals surface area (Å²) in [7, 11) is 0. The highest BCUT2D eigenvalue weighted by Crippen LogP contribution is 2.31. The van der Waals surface area contributed by atoms with E-state index >= 15 is 0 Å². The lowest BCUT2D eigenvalue weighted by Crippen LogP contribution is -2.26. The van der Waals surface area contributed by atoms with Crippen LogP contribution in [0.1, 0.15) is 6.42 Å². The van der Waals surface area contributed by atoms with Crippen molar-refractivity contribution in [2.24, 2.45) is 5.92 Å². The van der Waals surface area contributed by atoms with Crippen molar-refractivity contribution in [3.63, 3.8) is 0 Å². The van der Waals surface area contributed by atoms with Gasteiger partial charge in [0, 0.05) is 12.2 Å². The van der Waals surface area contributed by atoms with Crippen LogP contribution in [0.25, 0.3) is 0 Å². The normalized spacial score (nSPS) is 25.0. The van der Waals surface area contributed by atoms with Gasteiger partial charge < -0.3 is 4.90 Å². The maximum absolute atomic E-state index is 11.5. The quantitative estimate of drug-likeness (QED) is 0.481. The Morgan fingerprint density at radius 2 is 2.36 bits per heavy atom. The lowest BCUT2D eigenvalue weighted by Gasteiger charge is -2.18. The van der Waals surface area contributed by atoms with Crippen molar-refractivity contribution < 1.29 is 9.59 Å². The highest BCUT2D eigenvalue weighted by atomic mass is 16.2. The van der Waals surface area contributed by atoms with Crippen LogP contribution in [-0.4, -0.2) is 23.1 Å². The topological polar surface area (TPSA) is 37.4 Å². The molecule has 0 aromatic heterocycles. The van der Waals surface area contributed by atoms with Crippen molar-refractivity contribution >= 4 is 11.7 Å². The number of carbonyl (C=O) groups is 2. The molecule has 1 heterocycles. The smallest absolute Gasteiger partial charge is 0.295 e. The van der Waals surface area contributed by atoms with Crippen LogP contribution in [0, 0.1) is 5.92 Å². The lowest BCUT2D eigenvalue weighted by atomic mass is 9.96. The van der Waals surface area contributed by atoms with Gasteiger partial charge in [0.05, 0.1) is 5.92 Å². The molecule has 1 fully saturated rings. The molecule has 1 aliphatic carbocycles. The van der Waals surface area contributed by atoms with Crippen LogP contribution < -0.4 is 0 Å². The number of nitrogens with zero attached hydrogens (tertiary/aromatic N) is 1. The number of amides is 1. The zero-order valence-electron chi connectivity index (χ0n) is 7.77. The van der Waals surface area contributed by atoms with Gasteiger partial charge in [-0.15, -0.1) is 6.58 Å². The van der Waals surface area contributed by atoms with Gasteiger partial charge in [-0.3, -0.25) is 9.59 Å². The van der Waals surface area contributed by atoms with Crippen LogP contribution >= 0.6 is 0 Å². The van der Waals surface area contributed by atoms with Gasteiger partial charge in [0.2, 0.25) is 5.78 Å². The Hall–Kier alpha value is -1.64. The minimum absolute atomic E-state index is 0.243. The van der Waals surface area contributed by atoms with E-state index in [4.69, 9.17) is 0 Å². The molecule has 0 radical (unpaired) electrons. The van der Waals surface area contributed by atoms with E-state index in [1.54, 1.807) is 6.08 Å². The Morgan fingerprint density at radius 1 is 1.57 bits per heavy atom. The summed E-state index contributed by atoms with van der Waals surface area (Å²) >= 11 is 0. The Balaban J connectivity index is 2.36. The number of hydrogen-bond acceptors (Lipinski definition) is 2. The largest absolute Gasteiger partial charge is 0.305 e. The molecule has 1 atom stereocenters. The molecule has 0 saturated carbocycles. The molecule has 0 N–H and O–H groups in total. The van der Waals surface area contributed by atoms with E-state index in [9.17, 15) is 9.59 Å². The third-order valence-corrected chi connectivity index (χ3v) is 2.53. The fraction of sp³-hybridized carbons (Fsp3) is 0.273. The summed E-state index contributed by atoms with van der Waals surface area (Å²) in [6.07, 6.45) is 7.90. The highest BCUT2D eigenvalue weighted by molar-refractivity contribution is 6.40. The van der Waals surface area contributed by atoms with E-state index in [0.717, 1.165) is 5.70 Å². The standard InChI is InChI=1S/C11H11NO2/c1-2-7-12-9-6-4-3-5-8(9)10(13)11(12)14/h2-4,6,8H,1,5,7H2. The summed E-state index contributed by atoms with van der Waals surface area (Å²) in [5, 5.41) is 0. The molecule has 1 saturated heterocycles. The summed E-state index contributed by atoms with van der Waals surface area (Å²) in [6, 6.07) is 0. The van der Waals surface area contributed by atoms with Crippen LogP contribution in [0.15, 0.2) is 36.6 Å². The molecule has 0 bridgehead atoms. The number of likely N-dealkylation sites (tertiary alicyclic amines) is 1. The molecule has 14 heavy (non-hydrogen) atoms. The van der Waals surface area contributed by atoms with E-state index in [-0.39, 0.29) is 11.7 Å². The Morgan fingerprint density at radius 3 is 3.07 bits per heavy atom. The van der Waals surface area contributed by atoms with Gasteiger partial charge in [0.1, 0.15) is 0 Å². The SMILES string of the molecule is C=CCN1C(=O)C(=O)C2CC=CC=C21. The number of fused-ring (bicyclic) bond motifs is 1.